The highest BCUT2D eigenvalue weighted by Gasteiger charge is 2.29. The van der Waals surface area contributed by atoms with Gasteiger partial charge in [-0.2, -0.15) is 0 Å². The van der Waals surface area contributed by atoms with Crippen molar-refractivity contribution in [3.05, 3.63) is 53.6 Å². The molecule has 6 nitrogen and oxygen atoms in total. The largest absolute Gasteiger partial charge is 0.379 e. The Balaban J connectivity index is 1.82. The van der Waals surface area contributed by atoms with Crippen molar-refractivity contribution in [3.63, 3.8) is 0 Å². The van der Waals surface area contributed by atoms with Gasteiger partial charge in [0.2, 0.25) is 0 Å². The smallest absolute Gasteiger partial charge is 0.275 e. The van der Waals surface area contributed by atoms with Crippen LogP contribution in [0.2, 0.25) is 0 Å². The van der Waals surface area contributed by atoms with E-state index in [-0.39, 0.29) is 17.1 Å². The number of hydrogen-bond donors (Lipinski definition) is 2. The zero-order valence-corrected chi connectivity index (χ0v) is 14.4. The molecule has 0 aliphatic carbocycles. The molecule has 0 bridgehead atoms. The second kappa shape index (κ2) is 6.60. The van der Waals surface area contributed by atoms with Gasteiger partial charge < -0.3 is 11.1 Å². The van der Waals surface area contributed by atoms with Gasteiger partial charge in [-0.1, -0.05) is 23.9 Å². The third kappa shape index (κ3) is 3.56. The van der Waals surface area contributed by atoms with E-state index in [1.54, 1.807) is 18.0 Å². The van der Waals surface area contributed by atoms with E-state index < -0.39 is 0 Å². The van der Waals surface area contributed by atoms with Crippen molar-refractivity contribution in [1.29, 1.82) is 0 Å². The number of nitrogens with zero attached hydrogens (tertiary/aromatic N) is 3. The maximum Gasteiger partial charge on any atom is 0.275 e. The van der Waals surface area contributed by atoms with Gasteiger partial charge >= 0.3 is 0 Å². The zero-order chi connectivity index (χ0) is 17.2. The minimum atomic E-state index is -0.361. The highest BCUT2D eigenvalue weighted by atomic mass is 32.2. The number of thioether (sulfide) groups is 1. The fourth-order valence-corrected chi connectivity index (χ4v) is 3.51. The normalized spacial score (nSPS) is 20.3. The predicted octanol–water partition coefficient (Wildman–Crippen LogP) is 2.70. The van der Waals surface area contributed by atoms with Crippen LogP contribution in [0.1, 0.15) is 35.1 Å². The lowest BCUT2D eigenvalue weighted by Crippen LogP contribution is -2.28. The fourth-order valence-electron chi connectivity index (χ4n) is 2.53. The number of aryl methyl sites for hydroxylation is 1. The minimum absolute atomic E-state index is 0.285. The van der Waals surface area contributed by atoms with Crippen LogP contribution in [0.5, 0.6) is 0 Å². The summed E-state index contributed by atoms with van der Waals surface area (Å²) in [5.74, 6) is 0.647. The Labute approximate surface area is 145 Å². The number of nitrogens with two attached hydrogens (primary N) is 1. The fraction of sp³-hybridized carbons (Fsp3) is 0.294. The standard InChI is InChI=1S/C17H19N5OS/c1-11-9-20-14(10-19-11)15(23)21-13-5-3-4-12(8-13)17(2)6-7-24-16(18)22-17/h3-5,8-10H,6-7H2,1-2H3,(H2,18,22)(H,21,23)/t17-/m0/s1. The topological polar surface area (TPSA) is 93.3 Å². The van der Waals surface area contributed by atoms with Gasteiger partial charge in [0.05, 0.1) is 17.4 Å². The van der Waals surface area contributed by atoms with Gasteiger partial charge in [-0.25, -0.2) is 4.98 Å². The predicted molar refractivity (Wildman–Crippen MR) is 97.2 cm³/mol. The lowest BCUT2D eigenvalue weighted by atomic mass is 9.89. The van der Waals surface area contributed by atoms with Crippen molar-refractivity contribution in [2.24, 2.45) is 10.7 Å². The second-order valence-corrected chi connectivity index (χ2v) is 7.02. The van der Waals surface area contributed by atoms with Crippen molar-refractivity contribution in [3.8, 4) is 0 Å². The van der Waals surface area contributed by atoms with Gasteiger partial charge in [-0.05, 0) is 38.0 Å². The molecule has 7 heteroatoms. The van der Waals surface area contributed by atoms with Crippen molar-refractivity contribution in [2.45, 2.75) is 25.8 Å². The molecular formula is C17H19N5OS. The first-order chi connectivity index (χ1) is 11.5. The highest BCUT2D eigenvalue weighted by Crippen LogP contribution is 2.35. The average Bonchev–Trinajstić information content (AvgIpc) is 2.55. The third-order valence-corrected chi connectivity index (χ3v) is 4.75. The van der Waals surface area contributed by atoms with Crippen LogP contribution in [0, 0.1) is 6.92 Å². The van der Waals surface area contributed by atoms with Crippen LogP contribution in [-0.2, 0) is 5.54 Å². The number of aromatic nitrogens is 2. The quantitative estimate of drug-likeness (QED) is 0.895. The van der Waals surface area contributed by atoms with Crippen LogP contribution in [-0.4, -0.2) is 26.8 Å². The first-order valence-corrected chi connectivity index (χ1v) is 8.63. The van der Waals surface area contributed by atoms with E-state index in [1.165, 1.54) is 6.20 Å². The SMILES string of the molecule is Cc1cnc(C(=O)Nc2cccc([C@]3(C)CCSC(N)=N3)c2)cn1. The van der Waals surface area contributed by atoms with Crippen LogP contribution in [0.4, 0.5) is 5.69 Å². The van der Waals surface area contributed by atoms with E-state index in [0.29, 0.717) is 10.9 Å². The first kappa shape index (κ1) is 16.4. The van der Waals surface area contributed by atoms with E-state index in [1.807, 2.05) is 31.2 Å². The minimum Gasteiger partial charge on any atom is -0.379 e. The van der Waals surface area contributed by atoms with Gasteiger partial charge in [0.15, 0.2) is 5.17 Å². The van der Waals surface area contributed by atoms with Crippen LogP contribution in [0.15, 0.2) is 41.7 Å². The first-order valence-electron chi connectivity index (χ1n) is 7.65. The Morgan fingerprint density at radius 3 is 2.88 bits per heavy atom. The van der Waals surface area contributed by atoms with E-state index in [2.05, 4.69) is 27.2 Å². The summed E-state index contributed by atoms with van der Waals surface area (Å²) in [6.07, 6.45) is 3.95. The number of hydrogen-bond acceptors (Lipinski definition) is 6. The van der Waals surface area contributed by atoms with Gasteiger partial charge in [0.1, 0.15) is 5.69 Å². The molecule has 1 aromatic carbocycles. The number of amides is 1. The molecule has 2 aromatic rings. The Bertz CT molecular complexity index is 790. The molecule has 3 N–H and O–H groups in total. The lowest BCUT2D eigenvalue weighted by molar-refractivity contribution is 0.102. The summed E-state index contributed by atoms with van der Waals surface area (Å²) in [5, 5.41) is 3.46. The summed E-state index contributed by atoms with van der Waals surface area (Å²) in [5.41, 5.74) is 8.31. The molecule has 0 saturated heterocycles. The van der Waals surface area contributed by atoms with E-state index >= 15 is 0 Å². The number of amidine groups is 1. The molecule has 1 atom stereocenters. The molecule has 1 aliphatic rings. The molecule has 0 unspecified atom stereocenters. The van der Waals surface area contributed by atoms with Gasteiger partial charge in [-0.3, -0.25) is 14.8 Å². The maximum atomic E-state index is 12.3. The summed E-state index contributed by atoms with van der Waals surface area (Å²) in [7, 11) is 0. The van der Waals surface area contributed by atoms with Crippen LogP contribution in [0.25, 0.3) is 0 Å². The molecule has 124 valence electrons. The van der Waals surface area contributed by atoms with Crippen LogP contribution < -0.4 is 11.1 Å². The van der Waals surface area contributed by atoms with E-state index in [4.69, 9.17) is 5.73 Å². The molecule has 0 radical (unpaired) electrons. The molecule has 1 aliphatic heterocycles. The summed E-state index contributed by atoms with van der Waals surface area (Å²) in [6.45, 7) is 3.89. The number of anilines is 1. The number of nitrogens with one attached hydrogen (secondary N) is 1. The van der Waals surface area contributed by atoms with Crippen molar-refractivity contribution >= 4 is 28.5 Å². The number of carbonyl (C=O) groups is 1. The lowest BCUT2D eigenvalue weighted by Gasteiger charge is -2.30. The Morgan fingerprint density at radius 2 is 2.17 bits per heavy atom. The van der Waals surface area contributed by atoms with Crippen molar-refractivity contribution < 1.29 is 4.79 Å². The summed E-state index contributed by atoms with van der Waals surface area (Å²) < 4.78 is 0. The molecule has 0 spiro atoms. The zero-order valence-electron chi connectivity index (χ0n) is 13.6. The molecular weight excluding hydrogens is 322 g/mol. The monoisotopic (exact) mass is 341 g/mol. The number of carbonyl (C=O) groups excluding carboxylic acids is 1. The molecule has 2 heterocycles. The van der Waals surface area contributed by atoms with E-state index in [9.17, 15) is 4.79 Å². The molecule has 1 aromatic heterocycles. The number of benzene rings is 1. The average molecular weight is 341 g/mol. The summed E-state index contributed by atoms with van der Waals surface area (Å²) in [4.78, 5) is 25.1. The van der Waals surface area contributed by atoms with Gasteiger partial charge in [-0.15, -0.1) is 0 Å². The van der Waals surface area contributed by atoms with Crippen molar-refractivity contribution in [1.82, 2.24) is 9.97 Å². The van der Waals surface area contributed by atoms with Crippen molar-refractivity contribution in [2.75, 3.05) is 11.1 Å². The Kier molecular flexibility index (Phi) is 4.53. The third-order valence-electron chi connectivity index (χ3n) is 3.95. The molecule has 3 rings (SSSR count). The highest BCUT2D eigenvalue weighted by molar-refractivity contribution is 8.13. The maximum absolute atomic E-state index is 12.3. The summed E-state index contributed by atoms with van der Waals surface area (Å²) >= 11 is 1.57. The number of aliphatic imine (C=N–C) groups is 1. The Morgan fingerprint density at radius 1 is 1.33 bits per heavy atom. The Hall–Kier alpha value is -2.41. The van der Waals surface area contributed by atoms with Gasteiger partial charge in [0.25, 0.3) is 5.91 Å². The number of rotatable bonds is 3. The molecule has 0 fully saturated rings. The molecule has 1 amide bonds. The van der Waals surface area contributed by atoms with Crippen LogP contribution >= 0.6 is 11.8 Å². The van der Waals surface area contributed by atoms with Gasteiger partial charge in [0, 0.05) is 17.6 Å². The summed E-state index contributed by atoms with van der Waals surface area (Å²) in [6, 6.07) is 7.70. The van der Waals surface area contributed by atoms with E-state index in [0.717, 1.165) is 23.4 Å². The molecule has 24 heavy (non-hydrogen) atoms. The molecule has 0 saturated carbocycles. The second-order valence-electron chi connectivity index (χ2n) is 5.90. The van der Waals surface area contributed by atoms with Crippen LogP contribution in [0.3, 0.4) is 0 Å².